The highest BCUT2D eigenvalue weighted by atomic mass is 15.3. The van der Waals surface area contributed by atoms with Crippen LogP contribution < -0.4 is 5.32 Å². The van der Waals surface area contributed by atoms with E-state index in [2.05, 4.69) is 63.4 Å². The average Bonchev–Trinajstić information content (AvgIpc) is 2.71. The maximum absolute atomic E-state index is 4.53. The molecule has 0 unspecified atom stereocenters. The number of benzene rings is 1. The van der Waals surface area contributed by atoms with Crippen LogP contribution in [0.5, 0.6) is 0 Å². The Balaban J connectivity index is 1.46. The van der Waals surface area contributed by atoms with E-state index in [4.69, 9.17) is 0 Å². The molecule has 0 saturated carbocycles. The molecule has 0 spiro atoms. The van der Waals surface area contributed by atoms with Gasteiger partial charge < -0.3 is 15.1 Å². The third-order valence-corrected chi connectivity index (χ3v) is 5.66. The van der Waals surface area contributed by atoms with Crippen molar-refractivity contribution in [3.05, 3.63) is 42.0 Å². The summed E-state index contributed by atoms with van der Waals surface area (Å²) >= 11 is 0. The molecule has 2 aliphatic heterocycles. The van der Waals surface area contributed by atoms with Crippen LogP contribution in [0, 0.1) is 5.92 Å². The van der Waals surface area contributed by atoms with Crippen LogP contribution in [0.1, 0.15) is 38.2 Å². The molecule has 2 heterocycles. The van der Waals surface area contributed by atoms with Crippen molar-refractivity contribution in [3.63, 3.8) is 0 Å². The summed E-state index contributed by atoms with van der Waals surface area (Å²) in [6, 6.07) is 10.7. The minimum Gasteiger partial charge on any atom is -0.356 e. The summed E-state index contributed by atoms with van der Waals surface area (Å²) in [7, 11) is 1.91. The second-order valence-corrected chi connectivity index (χ2v) is 7.50. The molecule has 26 heavy (non-hydrogen) atoms. The van der Waals surface area contributed by atoms with E-state index < -0.39 is 0 Å². The molecule has 1 N–H and O–H groups in total. The molecular weight excluding hydrogens is 320 g/mol. The second-order valence-electron chi connectivity index (χ2n) is 7.50. The summed E-state index contributed by atoms with van der Waals surface area (Å²) in [5.74, 6) is 1.84. The lowest BCUT2D eigenvalue weighted by molar-refractivity contribution is 0.185. The maximum atomic E-state index is 4.53. The molecule has 0 radical (unpaired) electrons. The molecule has 4 nitrogen and oxygen atoms in total. The molecule has 0 amide bonds. The van der Waals surface area contributed by atoms with E-state index in [1.807, 2.05) is 7.05 Å². The predicted molar refractivity (Wildman–Crippen MR) is 111 cm³/mol. The summed E-state index contributed by atoms with van der Waals surface area (Å²) in [6.07, 6.45) is 7.32. The van der Waals surface area contributed by atoms with Crippen molar-refractivity contribution >= 4 is 11.5 Å². The Hall–Kier alpha value is -1.81. The van der Waals surface area contributed by atoms with Gasteiger partial charge in [0.25, 0.3) is 0 Å². The van der Waals surface area contributed by atoms with Crippen LogP contribution in [0.25, 0.3) is 5.57 Å². The Labute approximate surface area is 159 Å². The first-order valence-corrected chi connectivity index (χ1v) is 10.2. The largest absolute Gasteiger partial charge is 0.356 e. The molecule has 2 aliphatic rings. The first kappa shape index (κ1) is 19.0. The highest BCUT2D eigenvalue weighted by Gasteiger charge is 2.20. The summed E-state index contributed by atoms with van der Waals surface area (Å²) in [6.45, 7) is 9.07. The van der Waals surface area contributed by atoms with E-state index in [9.17, 15) is 0 Å². The van der Waals surface area contributed by atoms with Gasteiger partial charge in [-0.25, -0.2) is 0 Å². The summed E-state index contributed by atoms with van der Waals surface area (Å²) < 4.78 is 0. The number of nitrogens with one attached hydrogen (secondary N) is 1. The number of aliphatic imine (C=N–C) groups is 1. The first-order valence-electron chi connectivity index (χ1n) is 10.2. The molecule has 0 atom stereocenters. The van der Waals surface area contributed by atoms with Gasteiger partial charge in [0.15, 0.2) is 5.96 Å². The first-order chi connectivity index (χ1) is 12.8. The van der Waals surface area contributed by atoms with E-state index in [1.54, 1.807) is 0 Å². The van der Waals surface area contributed by atoms with Gasteiger partial charge in [-0.1, -0.05) is 43.3 Å². The minimum atomic E-state index is 0.778. The van der Waals surface area contributed by atoms with Crippen LogP contribution in [-0.2, 0) is 0 Å². The number of hydrogen-bond acceptors (Lipinski definition) is 2. The number of likely N-dealkylation sites (tertiary alicyclic amines) is 1. The second kappa shape index (κ2) is 9.77. The van der Waals surface area contributed by atoms with Crippen molar-refractivity contribution in [2.45, 2.75) is 32.6 Å². The third kappa shape index (κ3) is 5.10. The quantitative estimate of drug-likeness (QED) is 0.649. The van der Waals surface area contributed by atoms with Crippen LogP contribution in [0.3, 0.4) is 0 Å². The smallest absolute Gasteiger partial charge is 0.193 e. The Morgan fingerprint density at radius 1 is 1.15 bits per heavy atom. The molecule has 1 aromatic carbocycles. The monoisotopic (exact) mass is 354 g/mol. The predicted octanol–water partition coefficient (Wildman–Crippen LogP) is 3.47. The van der Waals surface area contributed by atoms with Gasteiger partial charge in [0.1, 0.15) is 0 Å². The standard InChI is InChI=1S/C22H34N4/c1-3-13-25-14-9-19(10-15-25)18-24-22(23-2)26-16-11-21(12-17-26)20-7-5-4-6-8-20/h4-8,11,19H,3,9-10,12-18H2,1-2H3,(H,23,24). The molecular formula is C22H34N4. The Morgan fingerprint density at radius 2 is 1.92 bits per heavy atom. The zero-order valence-electron chi connectivity index (χ0n) is 16.5. The van der Waals surface area contributed by atoms with Crippen LogP contribution >= 0.6 is 0 Å². The van der Waals surface area contributed by atoms with Gasteiger partial charge >= 0.3 is 0 Å². The van der Waals surface area contributed by atoms with Gasteiger partial charge in [-0.2, -0.15) is 0 Å². The zero-order chi connectivity index (χ0) is 18.2. The van der Waals surface area contributed by atoms with Gasteiger partial charge in [0, 0.05) is 26.7 Å². The van der Waals surface area contributed by atoms with E-state index in [0.717, 1.165) is 37.9 Å². The summed E-state index contributed by atoms with van der Waals surface area (Å²) in [5.41, 5.74) is 2.81. The number of hydrogen-bond donors (Lipinski definition) is 1. The van der Waals surface area contributed by atoms with Crippen LogP contribution in [0.4, 0.5) is 0 Å². The van der Waals surface area contributed by atoms with Crippen molar-refractivity contribution in [2.75, 3.05) is 46.3 Å². The van der Waals surface area contributed by atoms with Crippen LogP contribution in [0.15, 0.2) is 41.4 Å². The molecule has 3 rings (SSSR count). The fourth-order valence-electron chi connectivity index (χ4n) is 4.07. The van der Waals surface area contributed by atoms with Gasteiger partial charge in [0.2, 0.25) is 0 Å². The minimum absolute atomic E-state index is 0.778. The fourth-order valence-corrected chi connectivity index (χ4v) is 4.07. The van der Waals surface area contributed by atoms with Crippen molar-refractivity contribution in [3.8, 4) is 0 Å². The third-order valence-electron chi connectivity index (χ3n) is 5.66. The van der Waals surface area contributed by atoms with E-state index in [-0.39, 0.29) is 0 Å². The van der Waals surface area contributed by atoms with E-state index >= 15 is 0 Å². The number of guanidine groups is 1. The highest BCUT2D eigenvalue weighted by molar-refractivity contribution is 5.81. The van der Waals surface area contributed by atoms with Crippen molar-refractivity contribution < 1.29 is 0 Å². The lowest BCUT2D eigenvalue weighted by Gasteiger charge is -2.34. The highest BCUT2D eigenvalue weighted by Crippen LogP contribution is 2.22. The normalized spacial score (nSPS) is 20.2. The number of nitrogens with zero attached hydrogens (tertiary/aromatic N) is 3. The Bertz CT molecular complexity index is 600. The summed E-state index contributed by atoms with van der Waals surface area (Å²) in [5, 5.41) is 3.64. The molecule has 1 saturated heterocycles. The number of piperidine rings is 1. The van der Waals surface area contributed by atoms with E-state index in [0.29, 0.717) is 0 Å². The van der Waals surface area contributed by atoms with Crippen LogP contribution in [0.2, 0.25) is 0 Å². The zero-order valence-corrected chi connectivity index (χ0v) is 16.5. The molecule has 1 aromatic rings. The van der Waals surface area contributed by atoms with E-state index in [1.165, 1.54) is 50.0 Å². The van der Waals surface area contributed by atoms with Crippen LogP contribution in [-0.4, -0.2) is 62.1 Å². The topological polar surface area (TPSA) is 30.9 Å². The fraction of sp³-hybridized carbons (Fsp3) is 0.591. The molecule has 0 aromatic heterocycles. The Morgan fingerprint density at radius 3 is 2.54 bits per heavy atom. The summed E-state index contributed by atoms with van der Waals surface area (Å²) in [4.78, 5) is 9.51. The van der Waals surface area contributed by atoms with Crippen molar-refractivity contribution in [2.24, 2.45) is 10.9 Å². The molecule has 0 aliphatic carbocycles. The van der Waals surface area contributed by atoms with Gasteiger partial charge in [-0.3, -0.25) is 4.99 Å². The average molecular weight is 355 g/mol. The molecule has 4 heteroatoms. The lowest BCUT2D eigenvalue weighted by Crippen LogP contribution is -2.46. The van der Waals surface area contributed by atoms with Crippen molar-refractivity contribution in [1.29, 1.82) is 0 Å². The lowest BCUT2D eigenvalue weighted by atomic mass is 9.96. The SMILES string of the molecule is CCCN1CCC(CNC(=NC)N2CC=C(c3ccccc3)CC2)CC1. The molecule has 142 valence electrons. The van der Waals surface area contributed by atoms with Gasteiger partial charge in [0.05, 0.1) is 0 Å². The maximum Gasteiger partial charge on any atom is 0.193 e. The molecule has 0 bridgehead atoms. The van der Waals surface area contributed by atoms with Crippen molar-refractivity contribution in [1.82, 2.24) is 15.1 Å². The molecule has 1 fully saturated rings. The van der Waals surface area contributed by atoms with Gasteiger partial charge in [-0.05, 0) is 62.4 Å². The number of rotatable bonds is 5. The Kier molecular flexibility index (Phi) is 7.13. The van der Waals surface area contributed by atoms with Gasteiger partial charge in [-0.15, -0.1) is 0 Å².